The van der Waals surface area contributed by atoms with Crippen molar-refractivity contribution in [3.05, 3.63) is 42.2 Å². The summed E-state index contributed by atoms with van der Waals surface area (Å²) in [7, 11) is 0. The van der Waals surface area contributed by atoms with Crippen molar-refractivity contribution in [2.45, 2.75) is 20.4 Å². The zero-order valence-electron chi connectivity index (χ0n) is 14.1. The lowest BCUT2D eigenvalue weighted by atomic mass is 10.2. The Bertz CT molecular complexity index is 844. The number of nitrogens with one attached hydrogen (secondary N) is 1. The molecule has 3 aromatic rings. The summed E-state index contributed by atoms with van der Waals surface area (Å²) in [4.78, 5) is 21.7. The molecule has 0 fully saturated rings. The lowest BCUT2D eigenvalue weighted by molar-refractivity contribution is 0.100. The van der Waals surface area contributed by atoms with Gasteiger partial charge in [-0.1, -0.05) is 19.9 Å². The molecule has 6 heteroatoms. The van der Waals surface area contributed by atoms with Gasteiger partial charge in [0.15, 0.2) is 0 Å². The van der Waals surface area contributed by atoms with Gasteiger partial charge in [0.1, 0.15) is 11.3 Å². The molecule has 2 aromatic heterocycles. The first kappa shape index (κ1) is 16.3. The lowest BCUT2D eigenvalue weighted by Gasteiger charge is -2.17. The topological polar surface area (TPSA) is 79.9 Å². The number of aromatic amines is 1. The molecular formula is C18H23N5O. The Morgan fingerprint density at radius 1 is 1.29 bits per heavy atom. The van der Waals surface area contributed by atoms with E-state index in [1.54, 1.807) is 12.1 Å². The first-order valence-corrected chi connectivity index (χ1v) is 8.29. The average molecular weight is 325 g/mol. The lowest BCUT2D eigenvalue weighted by Crippen LogP contribution is -2.26. The molecular weight excluding hydrogens is 302 g/mol. The molecule has 0 spiro atoms. The van der Waals surface area contributed by atoms with E-state index < -0.39 is 5.91 Å². The van der Waals surface area contributed by atoms with Gasteiger partial charge >= 0.3 is 0 Å². The van der Waals surface area contributed by atoms with Gasteiger partial charge in [-0.15, -0.1) is 0 Å². The van der Waals surface area contributed by atoms with E-state index in [0.717, 1.165) is 43.1 Å². The molecule has 0 aliphatic carbocycles. The number of hydrogen-bond donors (Lipinski definition) is 2. The van der Waals surface area contributed by atoms with Crippen LogP contribution in [0.4, 0.5) is 0 Å². The number of benzene rings is 1. The summed E-state index contributed by atoms with van der Waals surface area (Å²) in [6.07, 6.45) is 4.13. The quantitative estimate of drug-likeness (QED) is 0.700. The van der Waals surface area contributed by atoms with E-state index in [2.05, 4.69) is 45.7 Å². The van der Waals surface area contributed by atoms with E-state index >= 15 is 0 Å². The smallest absolute Gasteiger partial charge is 0.250 e. The van der Waals surface area contributed by atoms with Gasteiger partial charge in [0.25, 0.3) is 5.91 Å². The SMILES string of the molecule is CCN(CC)CCn1ccc(-c2nc3c(C(N)=O)cccc3[nH]2)c1. The van der Waals surface area contributed by atoms with Crippen molar-refractivity contribution >= 4 is 16.9 Å². The van der Waals surface area contributed by atoms with Gasteiger partial charge in [-0.2, -0.15) is 0 Å². The van der Waals surface area contributed by atoms with Gasteiger partial charge in [0.2, 0.25) is 0 Å². The minimum absolute atomic E-state index is 0.441. The molecule has 3 rings (SSSR count). The molecule has 0 saturated carbocycles. The van der Waals surface area contributed by atoms with Crippen LogP contribution in [0.2, 0.25) is 0 Å². The molecule has 3 N–H and O–H groups in total. The maximum atomic E-state index is 11.5. The summed E-state index contributed by atoms with van der Waals surface area (Å²) in [5.74, 6) is 0.288. The molecule has 24 heavy (non-hydrogen) atoms. The van der Waals surface area contributed by atoms with Gasteiger partial charge in [-0.25, -0.2) is 4.98 Å². The second kappa shape index (κ2) is 6.88. The van der Waals surface area contributed by atoms with Crippen molar-refractivity contribution in [2.24, 2.45) is 5.73 Å². The largest absolute Gasteiger partial charge is 0.366 e. The summed E-state index contributed by atoms with van der Waals surface area (Å²) in [6, 6.07) is 7.43. The molecule has 1 amide bonds. The maximum Gasteiger partial charge on any atom is 0.250 e. The van der Waals surface area contributed by atoms with E-state index in [-0.39, 0.29) is 0 Å². The third kappa shape index (κ3) is 3.19. The minimum atomic E-state index is -0.463. The van der Waals surface area contributed by atoms with Crippen molar-refractivity contribution in [2.75, 3.05) is 19.6 Å². The average Bonchev–Trinajstić information content (AvgIpc) is 3.21. The molecule has 0 bridgehead atoms. The second-order valence-corrected chi connectivity index (χ2v) is 5.82. The number of fused-ring (bicyclic) bond motifs is 1. The highest BCUT2D eigenvalue weighted by atomic mass is 16.1. The number of H-pyrrole nitrogens is 1. The van der Waals surface area contributed by atoms with Gasteiger partial charge in [0.05, 0.1) is 11.1 Å². The molecule has 0 unspecified atom stereocenters. The fourth-order valence-corrected chi connectivity index (χ4v) is 2.88. The van der Waals surface area contributed by atoms with E-state index in [9.17, 15) is 4.79 Å². The van der Waals surface area contributed by atoms with Crippen LogP contribution in [-0.2, 0) is 6.54 Å². The number of amides is 1. The Balaban J connectivity index is 1.84. The number of imidazole rings is 1. The summed E-state index contributed by atoms with van der Waals surface area (Å²) in [5.41, 5.74) is 8.30. The highest BCUT2D eigenvalue weighted by Crippen LogP contribution is 2.23. The number of carbonyl (C=O) groups excluding carboxylic acids is 1. The van der Waals surface area contributed by atoms with Gasteiger partial charge < -0.3 is 20.2 Å². The zero-order valence-corrected chi connectivity index (χ0v) is 14.1. The van der Waals surface area contributed by atoms with Gasteiger partial charge in [-0.05, 0) is 31.3 Å². The van der Waals surface area contributed by atoms with Crippen molar-refractivity contribution in [1.82, 2.24) is 19.4 Å². The Kier molecular flexibility index (Phi) is 4.66. The summed E-state index contributed by atoms with van der Waals surface area (Å²) in [6.45, 7) is 8.43. The number of carbonyl (C=O) groups is 1. The fraction of sp³-hybridized carbons (Fsp3) is 0.333. The zero-order chi connectivity index (χ0) is 17.1. The van der Waals surface area contributed by atoms with Crippen LogP contribution in [0.1, 0.15) is 24.2 Å². The van der Waals surface area contributed by atoms with Crippen molar-refractivity contribution in [3.63, 3.8) is 0 Å². The molecule has 0 aliphatic heterocycles. The van der Waals surface area contributed by atoms with E-state index in [0.29, 0.717) is 11.1 Å². The van der Waals surface area contributed by atoms with Crippen LogP contribution in [0.3, 0.4) is 0 Å². The van der Waals surface area contributed by atoms with Crippen LogP contribution in [-0.4, -0.2) is 45.0 Å². The molecule has 1 aromatic carbocycles. The Morgan fingerprint density at radius 3 is 2.79 bits per heavy atom. The molecule has 0 aliphatic rings. The number of aromatic nitrogens is 3. The molecule has 6 nitrogen and oxygen atoms in total. The predicted octanol–water partition coefficient (Wildman–Crippen LogP) is 2.47. The molecule has 0 radical (unpaired) electrons. The number of hydrogen-bond acceptors (Lipinski definition) is 3. The molecule has 0 saturated heterocycles. The molecule has 0 atom stereocenters. The second-order valence-electron chi connectivity index (χ2n) is 5.82. The normalized spacial score (nSPS) is 11.5. The van der Waals surface area contributed by atoms with E-state index in [1.807, 2.05) is 12.1 Å². The van der Waals surface area contributed by atoms with Gasteiger partial charge in [-0.3, -0.25) is 4.79 Å². The van der Waals surface area contributed by atoms with Crippen LogP contribution >= 0.6 is 0 Å². The first-order chi connectivity index (χ1) is 11.6. The maximum absolute atomic E-state index is 11.5. The van der Waals surface area contributed by atoms with Crippen LogP contribution in [0.25, 0.3) is 22.4 Å². The summed E-state index contributed by atoms with van der Waals surface area (Å²) < 4.78 is 2.16. The Hall–Kier alpha value is -2.60. The molecule has 126 valence electrons. The number of primary amides is 1. The van der Waals surface area contributed by atoms with Crippen molar-refractivity contribution in [3.8, 4) is 11.4 Å². The Labute approximate surface area is 141 Å². The minimum Gasteiger partial charge on any atom is -0.366 e. The standard InChI is InChI=1S/C18H23N5O/c1-3-22(4-2)10-11-23-9-8-13(12-23)18-20-15-7-5-6-14(17(19)24)16(15)21-18/h5-9,12H,3-4,10-11H2,1-2H3,(H2,19,24)(H,20,21). The summed E-state index contributed by atoms with van der Waals surface area (Å²) >= 11 is 0. The number of rotatable bonds is 7. The van der Waals surface area contributed by atoms with Crippen LogP contribution in [0.15, 0.2) is 36.7 Å². The van der Waals surface area contributed by atoms with Crippen LogP contribution in [0, 0.1) is 0 Å². The number of likely N-dealkylation sites (N-methyl/N-ethyl adjacent to an activating group) is 1. The number of nitrogens with zero attached hydrogens (tertiary/aromatic N) is 3. The van der Waals surface area contributed by atoms with Crippen LogP contribution in [0.5, 0.6) is 0 Å². The van der Waals surface area contributed by atoms with Crippen molar-refractivity contribution < 1.29 is 4.79 Å². The first-order valence-electron chi connectivity index (χ1n) is 8.29. The van der Waals surface area contributed by atoms with E-state index in [1.165, 1.54) is 0 Å². The predicted molar refractivity (Wildman–Crippen MR) is 95.8 cm³/mol. The number of nitrogens with two attached hydrogens (primary N) is 1. The van der Waals surface area contributed by atoms with Gasteiger partial charge in [0, 0.05) is 31.0 Å². The third-order valence-electron chi connectivity index (χ3n) is 4.37. The van der Waals surface area contributed by atoms with Crippen LogP contribution < -0.4 is 5.73 Å². The monoisotopic (exact) mass is 325 g/mol. The highest BCUT2D eigenvalue weighted by Gasteiger charge is 2.12. The fourth-order valence-electron chi connectivity index (χ4n) is 2.88. The molecule has 2 heterocycles. The van der Waals surface area contributed by atoms with E-state index in [4.69, 9.17) is 5.73 Å². The Morgan fingerprint density at radius 2 is 2.08 bits per heavy atom. The third-order valence-corrected chi connectivity index (χ3v) is 4.37. The summed E-state index contributed by atoms with van der Waals surface area (Å²) in [5, 5.41) is 0. The number of para-hydroxylation sites is 1. The van der Waals surface area contributed by atoms with Crippen molar-refractivity contribution in [1.29, 1.82) is 0 Å². The highest BCUT2D eigenvalue weighted by molar-refractivity contribution is 6.04.